The molecular formula is C13H21NO3S. The van der Waals surface area contributed by atoms with Gasteiger partial charge in [-0.1, -0.05) is 13.0 Å². The highest BCUT2D eigenvalue weighted by Gasteiger charge is 2.18. The lowest BCUT2D eigenvalue weighted by Gasteiger charge is -2.13. The fraction of sp³-hybridized carbons (Fsp3) is 0.538. The molecule has 18 heavy (non-hydrogen) atoms. The average Bonchev–Trinajstić information content (AvgIpc) is 2.36. The van der Waals surface area contributed by atoms with E-state index in [1.165, 1.54) is 7.11 Å². The van der Waals surface area contributed by atoms with Crippen molar-refractivity contribution in [3.05, 3.63) is 24.3 Å². The van der Waals surface area contributed by atoms with Crippen molar-refractivity contribution in [1.29, 1.82) is 0 Å². The Kier molecular flexibility index (Phi) is 5.62. The van der Waals surface area contributed by atoms with E-state index in [1.807, 2.05) is 6.92 Å². The van der Waals surface area contributed by atoms with Crippen LogP contribution in [0.1, 0.15) is 20.3 Å². The second-order valence-electron chi connectivity index (χ2n) is 4.32. The van der Waals surface area contributed by atoms with E-state index in [0.717, 1.165) is 13.0 Å². The van der Waals surface area contributed by atoms with Gasteiger partial charge in [0.15, 0.2) is 9.84 Å². The van der Waals surface area contributed by atoms with Crippen LogP contribution in [-0.4, -0.2) is 33.9 Å². The van der Waals surface area contributed by atoms with Gasteiger partial charge in [-0.15, -0.1) is 0 Å². The van der Waals surface area contributed by atoms with Crippen molar-refractivity contribution in [3.63, 3.8) is 0 Å². The first-order chi connectivity index (χ1) is 8.49. The maximum absolute atomic E-state index is 12.2. The van der Waals surface area contributed by atoms with E-state index in [9.17, 15) is 8.42 Å². The van der Waals surface area contributed by atoms with Crippen LogP contribution in [0.2, 0.25) is 0 Å². The standard InChI is InChI=1S/C13H21NO3S/c1-4-8-14-11(2)10-18(15,16)13-7-5-6-12(9-13)17-3/h5-7,9,11,14H,4,8,10H2,1-3H3. The molecule has 0 radical (unpaired) electrons. The Balaban J connectivity index is 2.79. The Hall–Kier alpha value is -1.07. The van der Waals surface area contributed by atoms with Gasteiger partial charge in [0.1, 0.15) is 5.75 Å². The van der Waals surface area contributed by atoms with Crippen molar-refractivity contribution >= 4 is 9.84 Å². The van der Waals surface area contributed by atoms with E-state index >= 15 is 0 Å². The summed E-state index contributed by atoms with van der Waals surface area (Å²) < 4.78 is 29.4. The summed E-state index contributed by atoms with van der Waals surface area (Å²) in [7, 11) is -1.74. The molecule has 0 fully saturated rings. The van der Waals surface area contributed by atoms with Crippen LogP contribution in [0.3, 0.4) is 0 Å². The highest BCUT2D eigenvalue weighted by molar-refractivity contribution is 7.91. The molecule has 1 atom stereocenters. The van der Waals surface area contributed by atoms with Gasteiger partial charge in [-0.2, -0.15) is 0 Å². The molecule has 102 valence electrons. The number of rotatable bonds is 7. The van der Waals surface area contributed by atoms with E-state index in [0.29, 0.717) is 10.6 Å². The van der Waals surface area contributed by atoms with Gasteiger partial charge < -0.3 is 10.1 Å². The minimum absolute atomic E-state index is 0.0545. The van der Waals surface area contributed by atoms with Crippen molar-refractivity contribution in [2.75, 3.05) is 19.4 Å². The van der Waals surface area contributed by atoms with E-state index in [1.54, 1.807) is 24.3 Å². The van der Waals surface area contributed by atoms with E-state index in [4.69, 9.17) is 4.74 Å². The van der Waals surface area contributed by atoms with Crippen LogP contribution >= 0.6 is 0 Å². The van der Waals surface area contributed by atoms with Crippen molar-refractivity contribution < 1.29 is 13.2 Å². The van der Waals surface area contributed by atoms with Crippen molar-refractivity contribution in [3.8, 4) is 5.75 Å². The SMILES string of the molecule is CCCNC(C)CS(=O)(=O)c1cccc(OC)c1. The molecule has 1 rings (SSSR count). The van der Waals surface area contributed by atoms with Gasteiger partial charge in [0.2, 0.25) is 0 Å². The summed E-state index contributed by atoms with van der Waals surface area (Å²) in [5.41, 5.74) is 0. The number of ether oxygens (including phenoxy) is 1. The van der Waals surface area contributed by atoms with Crippen LogP contribution < -0.4 is 10.1 Å². The van der Waals surface area contributed by atoms with Gasteiger partial charge in [-0.25, -0.2) is 8.42 Å². The maximum Gasteiger partial charge on any atom is 0.180 e. The van der Waals surface area contributed by atoms with Gasteiger partial charge in [0.05, 0.1) is 17.8 Å². The molecule has 0 saturated heterocycles. The largest absolute Gasteiger partial charge is 0.497 e. The summed E-state index contributed by atoms with van der Waals surface area (Å²) in [6.07, 6.45) is 0.990. The second-order valence-corrected chi connectivity index (χ2v) is 6.35. The third kappa shape index (κ3) is 4.31. The van der Waals surface area contributed by atoms with Crippen molar-refractivity contribution in [2.24, 2.45) is 0 Å². The van der Waals surface area contributed by atoms with E-state index in [-0.39, 0.29) is 11.8 Å². The zero-order valence-electron chi connectivity index (χ0n) is 11.1. The number of benzene rings is 1. The van der Waals surface area contributed by atoms with Crippen LogP contribution in [0.5, 0.6) is 5.75 Å². The highest BCUT2D eigenvalue weighted by atomic mass is 32.2. The van der Waals surface area contributed by atoms with Gasteiger partial charge in [0, 0.05) is 6.04 Å². The molecular weight excluding hydrogens is 250 g/mol. The van der Waals surface area contributed by atoms with Gasteiger partial charge in [0.25, 0.3) is 0 Å². The molecule has 0 aliphatic carbocycles. The van der Waals surface area contributed by atoms with Crippen LogP contribution in [0, 0.1) is 0 Å². The highest BCUT2D eigenvalue weighted by Crippen LogP contribution is 2.18. The first kappa shape index (κ1) is 15.0. The molecule has 0 bridgehead atoms. The Morgan fingerprint density at radius 2 is 2.11 bits per heavy atom. The molecule has 1 unspecified atom stereocenters. The van der Waals surface area contributed by atoms with Gasteiger partial charge in [-0.05, 0) is 38.1 Å². The zero-order chi connectivity index (χ0) is 13.6. The van der Waals surface area contributed by atoms with Crippen LogP contribution in [-0.2, 0) is 9.84 Å². The second kappa shape index (κ2) is 6.75. The third-order valence-corrected chi connectivity index (χ3v) is 4.52. The summed E-state index contributed by atoms with van der Waals surface area (Å²) in [4.78, 5) is 0.312. The summed E-state index contributed by atoms with van der Waals surface area (Å²) >= 11 is 0. The quantitative estimate of drug-likeness (QED) is 0.822. The van der Waals surface area contributed by atoms with Gasteiger partial charge in [-0.3, -0.25) is 0 Å². The summed E-state index contributed by atoms with van der Waals surface area (Å²) in [5.74, 6) is 0.658. The molecule has 0 amide bonds. The molecule has 0 spiro atoms. The average molecular weight is 271 g/mol. The predicted molar refractivity (Wildman–Crippen MR) is 72.8 cm³/mol. The topological polar surface area (TPSA) is 55.4 Å². The molecule has 0 aliphatic heterocycles. The van der Waals surface area contributed by atoms with Crippen molar-refractivity contribution in [2.45, 2.75) is 31.2 Å². The lowest BCUT2D eigenvalue weighted by molar-refractivity contribution is 0.413. The minimum atomic E-state index is -3.27. The van der Waals surface area contributed by atoms with Crippen molar-refractivity contribution in [1.82, 2.24) is 5.32 Å². The molecule has 0 saturated carbocycles. The van der Waals surface area contributed by atoms with Gasteiger partial charge >= 0.3 is 0 Å². The van der Waals surface area contributed by atoms with E-state index in [2.05, 4.69) is 12.2 Å². The summed E-state index contributed by atoms with van der Waals surface area (Å²) in [5, 5.41) is 3.18. The molecule has 5 heteroatoms. The van der Waals surface area contributed by atoms with E-state index < -0.39 is 9.84 Å². The van der Waals surface area contributed by atoms with Crippen LogP contribution in [0.25, 0.3) is 0 Å². The summed E-state index contributed by atoms with van der Waals surface area (Å²) in [6, 6.07) is 6.53. The molecule has 1 N–H and O–H groups in total. The normalized spacial score (nSPS) is 13.3. The number of nitrogens with one attached hydrogen (secondary N) is 1. The predicted octanol–water partition coefficient (Wildman–Crippen LogP) is 1.86. The lowest BCUT2D eigenvalue weighted by Crippen LogP contribution is -2.33. The third-order valence-electron chi connectivity index (χ3n) is 2.61. The fourth-order valence-corrected chi connectivity index (χ4v) is 3.22. The fourth-order valence-electron chi connectivity index (χ4n) is 1.67. The van der Waals surface area contributed by atoms with Crippen LogP contribution in [0.4, 0.5) is 0 Å². The Morgan fingerprint density at radius 1 is 1.39 bits per heavy atom. The molecule has 0 heterocycles. The summed E-state index contributed by atoms with van der Waals surface area (Å²) in [6.45, 7) is 4.76. The Bertz CT molecular complexity index is 471. The smallest absolute Gasteiger partial charge is 0.180 e. The molecule has 0 aromatic heterocycles. The number of hydrogen-bond donors (Lipinski definition) is 1. The Morgan fingerprint density at radius 3 is 2.72 bits per heavy atom. The number of methoxy groups -OCH3 is 1. The lowest BCUT2D eigenvalue weighted by atomic mass is 10.3. The number of sulfone groups is 1. The minimum Gasteiger partial charge on any atom is -0.497 e. The first-order valence-electron chi connectivity index (χ1n) is 6.09. The first-order valence-corrected chi connectivity index (χ1v) is 7.75. The zero-order valence-corrected chi connectivity index (χ0v) is 12.0. The Labute approximate surface area is 109 Å². The van der Waals surface area contributed by atoms with Crippen LogP contribution in [0.15, 0.2) is 29.2 Å². The molecule has 1 aromatic rings. The molecule has 4 nitrogen and oxygen atoms in total. The molecule has 0 aliphatic rings. The maximum atomic E-state index is 12.2. The number of hydrogen-bond acceptors (Lipinski definition) is 4. The molecule has 1 aromatic carbocycles. The monoisotopic (exact) mass is 271 g/mol.